The van der Waals surface area contributed by atoms with Gasteiger partial charge < -0.3 is 20.3 Å². The summed E-state index contributed by atoms with van der Waals surface area (Å²) in [7, 11) is 0. The molecule has 6 nitrogen and oxygen atoms in total. The highest BCUT2D eigenvalue weighted by Crippen LogP contribution is 2.41. The smallest absolute Gasteiger partial charge is 0.248 e. The lowest BCUT2D eigenvalue weighted by Crippen LogP contribution is -2.45. The Kier molecular flexibility index (Phi) is 8.99. The fourth-order valence-corrected chi connectivity index (χ4v) is 4.58. The van der Waals surface area contributed by atoms with Crippen LogP contribution >= 0.6 is 0 Å². The third kappa shape index (κ3) is 6.90. The molecule has 2 aromatic carbocycles. The van der Waals surface area contributed by atoms with Gasteiger partial charge in [0.15, 0.2) is 0 Å². The van der Waals surface area contributed by atoms with Crippen LogP contribution in [0.2, 0.25) is 0 Å². The van der Waals surface area contributed by atoms with E-state index in [2.05, 4.69) is 0 Å². The van der Waals surface area contributed by atoms with Gasteiger partial charge in [0.25, 0.3) is 0 Å². The number of aliphatic hydroxyl groups is 1. The van der Waals surface area contributed by atoms with Gasteiger partial charge in [0.1, 0.15) is 24.0 Å². The SMILES string of the molecule is CC(=O)[C@@H](N)CCN(C(=O)CO)[C@@H](c1cc(-c2cc(F)ccc2F)cn1Cc1ccccc1)C(C)(C)C. The second-order valence-electron chi connectivity index (χ2n) is 10.4. The molecule has 1 amide bonds. The van der Waals surface area contributed by atoms with Gasteiger partial charge in [0, 0.05) is 36.1 Å². The van der Waals surface area contributed by atoms with Crippen LogP contribution in [0, 0.1) is 17.0 Å². The molecule has 0 saturated heterocycles. The maximum atomic E-state index is 14.8. The topological polar surface area (TPSA) is 88.6 Å². The summed E-state index contributed by atoms with van der Waals surface area (Å²) in [4.78, 5) is 26.3. The molecule has 37 heavy (non-hydrogen) atoms. The van der Waals surface area contributed by atoms with Crippen LogP contribution in [0.15, 0.2) is 60.8 Å². The number of nitrogens with two attached hydrogens (primary N) is 1. The van der Waals surface area contributed by atoms with E-state index < -0.39 is 41.6 Å². The summed E-state index contributed by atoms with van der Waals surface area (Å²) in [6.07, 6.45) is 1.97. The molecule has 0 aliphatic carbocycles. The zero-order chi connectivity index (χ0) is 27.3. The van der Waals surface area contributed by atoms with Crippen molar-refractivity contribution in [1.82, 2.24) is 9.47 Å². The lowest BCUT2D eigenvalue weighted by atomic mass is 9.82. The molecule has 0 radical (unpaired) electrons. The van der Waals surface area contributed by atoms with E-state index >= 15 is 0 Å². The number of halogens is 2. The van der Waals surface area contributed by atoms with Crippen LogP contribution in [-0.2, 0) is 16.1 Å². The van der Waals surface area contributed by atoms with E-state index in [1.165, 1.54) is 11.8 Å². The predicted octanol–water partition coefficient (Wildman–Crippen LogP) is 4.70. The van der Waals surface area contributed by atoms with Gasteiger partial charge in [-0.1, -0.05) is 51.1 Å². The van der Waals surface area contributed by atoms with Crippen molar-refractivity contribution in [2.45, 2.75) is 52.7 Å². The molecule has 3 rings (SSSR count). The zero-order valence-electron chi connectivity index (χ0n) is 21.7. The molecule has 8 heteroatoms. The molecule has 0 spiro atoms. The van der Waals surface area contributed by atoms with Crippen LogP contribution < -0.4 is 5.73 Å². The highest BCUT2D eigenvalue weighted by atomic mass is 19.1. The molecule has 0 bridgehead atoms. The normalized spacial score (nSPS) is 13.3. The molecule has 0 aliphatic heterocycles. The first-order valence-corrected chi connectivity index (χ1v) is 12.3. The molecule has 0 unspecified atom stereocenters. The second-order valence-corrected chi connectivity index (χ2v) is 10.4. The molecule has 1 heterocycles. The molecule has 2 atom stereocenters. The number of aromatic nitrogens is 1. The summed E-state index contributed by atoms with van der Waals surface area (Å²) in [5.41, 5.74) is 7.68. The number of hydrogen-bond donors (Lipinski definition) is 2. The molecule has 198 valence electrons. The number of hydrogen-bond acceptors (Lipinski definition) is 4. The van der Waals surface area contributed by atoms with Gasteiger partial charge in [-0.2, -0.15) is 0 Å². The van der Waals surface area contributed by atoms with E-state index in [4.69, 9.17) is 5.73 Å². The zero-order valence-corrected chi connectivity index (χ0v) is 21.7. The van der Waals surface area contributed by atoms with Crippen LogP contribution in [0.3, 0.4) is 0 Å². The fraction of sp³-hybridized carbons (Fsp3) is 0.379. The monoisotopic (exact) mass is 511 g/mol. The Labute approximate surface area is 216 Å². The number of aliphatic hydroxyl groups excluding tert-OH is 1. The average Bonchev–Trinajstić information content (AvgIpc) is 3.24. The van der Waals surface area contributed by atoms with Crippen LogP contribution in [0.25, 0.3) is 11.1 Å². The Balaban J connectivity index is 2.18. The van der Waals surface area contributed by atoms with Crippen molar-refractivity contribution < 1.29 is 23.5 Å². The standard InChI is InChI=1S/C29H35F2N3O3/c1-19(36)25(32)12-13-34(27(37)18-35)28(29(2,3)4)26-14-21(23-15-22(30)10-11-24(23)31)17-33(26)16-20-8-6-5-7-9-20/h5-11,14-15,17,25,28,35H,12-13,16,18,32H2,1-4H3/t25-,28-/m0/s1. The summed E-state index contributed by atoms with van der Waals surface area (Å²) >= 11 is 0. The van der Waals surface area contributed by atoms with E-state index in [1.807, 2.05) is 55.7 Å². The Morgan fingerprint density at radius 2 is 1.76 bits per heavy atom. The molecule has 0 aliphatic rings. The van der Waals surface area contributed by atoms with Crippen molar-refractivity contribution in [2.75, 3.05) is 13.2 Å². The average molecular weight is 512 g/mol. The second kappa shape index (κ2) is 11.8. The first kappa shape index (κ1) is 28.2. The van der Waals surface area contributed by atoms with Crippen LogP contribution in [0.1, 0.15) is 51.4 Å². The van der Waals surface area contributed by atoms with Gasteiger partial charge >= 0.3 is 0 Å². The quantitative estimate of drug-likeness (QED) is 0.413. The summed E-state index contributed by atoms with van der Waals surface area (Å²) in [6, 6.07) is 13.4. The Hall–Kier alpha value is -3.36. The third-order valence-electron chi connectivity index (χ3n) is 6.44. The van der Waals surface area contributed by atoms with Crippen molar-refractivity contribution in [3.05, 3.63) is 83.7 Å². The van der Waals surface area contributed by atoms with Crippen molar-refractivity contribution in [3.63, 3.8) is 0 Å². The van der Waals surface area contributed by atoms with Gasteiger partial charge in [-0.05, 0) is 48.6 Å². The van der Waals surface area contributed by atoms with Gasteiger partial charge in [-0.25, -0.2) is 8.78 Å². The van der Waals surface area contributed by atoms with E-state index in [-0.39, 0.29) is 24.3 Å². The lowest BCUT2D eigenvalue weighted by Gasteiger charge is -2.41. The molecule has 3 N–H and O–H groups in total. The van der Waals surface area contributed by atoms with Crippen LogP contribution in [0.5, 0.6) is 0 Å². The van der Waals surface area contributed by atoms with E-state index in [9.17, 15) is 23.5 Å². The first-order chi connectivity index (χ1) is 17.4. The third-order valence-corrected chi connectivity index (χ3v) is 6.44. The maximum Gasteiger partial charge on any atom is 0.248 e. The largest absolute Gasteiger partial charge is 0.387 e. The van der Waals surface area contributed by atoms with Gasteiger partial charge in [-0.3, -0.25) is 9.59 Å². The Morgan fingerprint density at radius 1 is 1.08 bits per heavy atom. The van der Waals surface area contributed by atoms with Crippen molar-refractivity contribution in [1.29, 1.82) is 0 Å². The lowest BCUT2D eigenvalue weighted by molar-refractivity contribution is -0.140. The van der Waals surface area contributed by atoms with E-state index in [0.717, 1.165) is 23.8 Å². The minimum atomic E-state index is -0.748. The summed E-state index contributed by atoms with van der Waals surface area (Å²) < 4.78 is 30.8. The van der Waals surface area contributed by atoms with Crippen LogP contribution in [0.4, 0.5) is 8.78 Å². The number of carbonyl (C=O) groups excluding carboxylic acids is 2. The number of rotatable bonds is 10. The number of benzene rings is 2. The number of Topliss-reactive ketones (excluding diaryl/α,β-unsaturated/α-hetero) is 1. The first-order valence-electron chi connectivity index (χ1n) is 12.3. The minimum absolute atomic E-state index is 0.111. The van der Waals surface area contributed by atoms with Gasteiger partial charge in [0.2, 0.25) is 5.91 Å². The van der Waals surface area contributed by atoms with Gasteiger partial charge in [-0.15, -0.1) is 0 Å². The van der Waals surface area contributed by atoms with E-state index in [1.54, 1.807) is 12.3 Å². The summed E-state index contributed by atoms with van der Waals surface area (Å²) in [5.74, 6) is -1.83. The van der Waals surface area contributed by atoms with Crippen molar-refractivity contribution in [2.24, 2.45) is 11.1 Å². The Bertz CT molecular complexity index is 1230. The number of nitrogens with zero attached hydrogens (tertiary/aromatic N) is 2. The highest BCUT2D eigenvalue weighted by Gasteiger charge is 2.37. The Morgan fingerprint density at radius 3 is 2.35 bits per heavy atom. The minimum Gasteiger partial charge on any atom is -0.387 e. The molecular formula is C29H35F2N3O3. The molecule has 3 aromatic rings. The number of ketones is 1. The number of amides is 1. The van der Waals surface area contributed by atoms with Crippen molar-refractivity contribution in [3.8, 4) is 11.1 Å². The molecule has 0 fully saturated rings. The van der Waals surface area contributed by atoms with Gasteiger partial charge in [0.05, 0.1) is 12.1 Å². The predicted molar refractivity (Wildman–Crippen MR) is 140 cm³/mol. The summed E-state index contributed by atoms with van der Waals surface area (Å²) in [5, 5.41) is 9.81. The molecular weight excluding hydrogens is 476 g/mol. The van der Waals surface area contributed by atoms with Crippen LogP contribution in [-0.4, -0.2) is 45.5 Å². The molecule has 1 aromatic heterocycles. The summed E-state index contributed by atoms with van der Waals surface area (Å²) in [6.45, 7) is 7.13. The van der Waals surface area contributed by atoms with E-state index in [0.29, 0.717) is 17.8 Å². The molecule has 0 saturated carbocycles. The van der Waals surface area contributed by atoms with Crippen molar-refractivity contribution >= 4 is 11.7 Å². The highest BCUT2D eigenvalue weighted by molar-refractivity contribution is 5.81. The number of carbonyl (C=O) groups is 2. The fourth-order valence-electron chi connectivity index (χ4n) is 4.58. The maximum absolute atomic E-state index is 14.8.